The average Bonchev–Trinajstić information content (AvgIpc) is 3.01. The lowest BCUT2D eigenvalue weighted by Crippen LogP contribution is -2.33. The number of benzene rings is 1. The lowest BCUT2D eigenvalue weighted by Gasteiger charge is -2.06. The van der Waals surface area contributed by atoms with Gasteiger partial charge in [0.15, 0.2) is 5.76 Å². The van der Waals surface area contributed by atoms with Crippen molar-refractivity contribution in [3.05, 3.63) is 48.4 Å². The van der Waals surface area contributed by atoms with Crippen molar-refractivity contribution in [3.8, 4) is 11.1 Å². The molecule has 0 unspecified atom stereocenters. The van der Waals surface area contributed by atoms with Crippen LogP contribution in [0.15, 0.2) is 47.1 Å². The molecule has 0 bridgehead atoms. The summed E-state index contributed by atoms with van der Waals surface area (Å²) < 4.78 is 10.3. The summed E-state index contributed by atoms with van der Waals surface area (Å²) in [5.41, 5.74) is 1.77. The maximum absolute atomic E-state index is 12.1. The zero-order valence-corrected chi connectivity index (χ0v) is 12.1. The summed E-state index contributed by atoms with van der Waals surface area (Å²) in [6.07, 6.45) is 1.54. The molecule has 1 amide bonds. The second kappa shape index (κ2) is 8.24. The summed E-state index contributed by atoms with van der Waals surface area (Å²) in [6, 6.07) is 11.5. The Labute approximate surface area is 124 Å². The Morgan fingerprint density at radius 2 is 1.95 bits per heavy atom. The number of carbonyl (C=O) groups is 1. The first kappa shape index (κ1) is 15.3. The molecule has 5 heteroatoms. The molecule has 0 aliphatic heterocycles. The molecule has 0 saturated carbocycles. The first-order valence-electron chi connectivity index (χ1n) is 6.93. The Bertz CT molecular complexity index is 552. The van der Waals surface area contributed by atoms with Crippen molar-refractivity contribution < 1.29 is 13.9 Å². The van der Waals surface area contributed by atoms with E-state index in [1.165, 1.54) is 6.26 Å². The van der Waals surface area contributed by atoms with Crippen molar-refractivity contribution >= 4 is 5.91 Å². The Hall–Kier alpha value is -2.11. The van der Waals surface area contributed by atoms with E-state index in [-0.39, 0.29) is 5.91 Å². The van der Waals surface area contributed by atoms with Gasteiger partial charge in [-0.15, -0.1) is 0 Å². The number of amides is 1. The highest BCUT2D eigenvalue weighted by Gasteiger charge is 2.15. The predicted octanol–water partition coefficient (Wildman–Crippen LogP) is 1.91. The number of methoxy groups -OCH3 is 1. The van der Waals surface area contributed by atoms with Crippen molar-refractivity contribution in [2.45, 2.75) is 0 Å². The maximum atomic E-state index is 12.1. The van der Waals surface area contributed by atoms with E-state index in [9.17, 15) is 4.79 Å². The third-order valence-electron chi connectivity index (χ3n) is 3.03. The minimum Gasteiger partial charge on any atom is -0.459 e. The fourth-order valence-corrected chi connectivity index (χ4v) is 1.97. The number of hydrogen-bond donors (Lipinski definition) is 2. The molecule has 0 saturated heterocycles. The van der Waals surface area contributed by atoms with Gasteiger partial charge in [-0.1, -0.05) is 30.3 Å². The van der Waals surface area contributed by atoms with Crippen LogP contribution in [0, 0.1) is 0 Å². The van der Waals surface area contributed by atoms with E-state index in [0.29, 0.717) is 25.5 Å². The Morgan fingerprint density at radius 1 is 1.14 bits per heavy atom. The first-order valence-corrected chi connectivity index (χ1v) is 6.93. The van der Waals surface area contributed by atoms with E-state index in [0.717, 1.165) is 17.7 Å². The molecule has 1 aromatic heterocycles. The molecule has 2 rings (SSSR count). The molecule has 21 heavy (non-hydrogen) atoms. The van der Waals surface area contributed by atoms with Gasteiger partial charge in [-0.2, -0.15) is 0 Å². The fourth-order valence-electron chi connectivity index (χ4n) is 1.97. The summed E-state index contributed by atoms with van der Waals surface area (Å²) >= 11 is 0. The summed E-state index contributed by atoms with van der Waals surface area (Å²) in [5.74, 6) is 0.144. The molecule has 112 valence electrons. The summed E-state index contributed by atoms with van der Waals surface area (Å²) in [7, 11) is 1.66. The van der Waals surface area contributed by atoms with E-state index < -0.39 is 0 Å². The zero-order valence-electron chi connectivity index (χ0n) is 12.1. The van der Waals surface area contributed by atoms with Crippen LogP contribution in [-0.2, 0) is 4.74 Å². The highest BCUT2D eigenvalue weighted by Crippen LogP contribution is 2.24. The fraction of sp³-hybridized carbons (Fsp3) is 0.312. The van der Waals surface area contributed by atoms with E-state index in [1.54, 1.807) is 13.2 Å². The number of nitrogens with one attached hydrogen (secondary N) is 2. The first-order chi connectivity index (χ1) is 10.3. The molecular formula is C16H20N2O3. The van der Waals surface area contributed by atoms with Crippen LogP contribution in [0.25, 0.3) is 11.1 Å². The van der Waals surface area contributed by atoms with Crippen LogP contribution in [0.2, 0.25) is 0 Å². The van der Waals surface area contributed by atoms with Gasteiger partial charge in [0.1, 0.15) is 0 Å². The largest absolute Gasteiger partial charge is 0.459 e. The molecule has 1 aromatic carbocycles. The second-order valence-corrected chi connectivity index (χ2v) is 4.53. The van der Waals surface area contributed by atoms with Gasteiger partial charge in [-0.3, -0.25) is 4.79 Å². The summed E-state index contributed by atoms with van der Waals surface area (Å²) in [6.45, 7) is 2.65. The molecule has 0 aliphatic carbocycles. The quantitative estimate of drug-likeness (QED) is 0.728. The maximum Gasteiger partial charge on any atom is 0.287 e. The molecule has 2 N–H and O–H groups in total. The van der Waals surface area contributed by atoms with Gasteiger partial charge in [-0.05, 0) is 11.6 Å². The van der Waals surface area contributed by atoms with Crippen LogP contribution in [0.5, 0.6) is 0 Å². The molecule has 2 aromatic rings. The molecule has 0 spiro atoms. The second-order valence-electron chi connectivity index (χ2n) is 4.53. The van der Waals surface area contributed by atoms with Gasteiger partial charge in [-0.25, -0.2) is 0 Å². The van der Waals surface area contributed by atoms with Crippen molar-refractivity contribution in [1.82, 2.24) is 10.6 Å². The van der Waals surface area contributed by atoms with Crippen LogP contribution in [0.4, 0.5) is 0 Å². The summed E-state index contributed by atoms with van der Waals surface area (Å²) in [5, 5.41) is 6.00. The van der Waals surface area contributed by atoms with Gasteiger partial charge in [0.25, 0.3) is 5.91 Å². The van der Waals surface area contributed by atoms with Gasteiger partial charge in [0.05, 0.1) is 12.9 Å². The number of ether oxygens (including phenoxy) is 1. The standard InChI is InChI=1S/C16H20N2O3/c1-20-12-10-17-8-9-18-16(19)15-14(7-11-21-15)13-5-3-2-4-6-13/h2-7,11,17H,8-10,12H2,1H3,(H,18,19). The number of furan rings is 1. The number of carbonyl (C=O) groups excluding carboxylic acids is 1. The van der Waals surface area contributed by atoms with Crippen molar-refractivity contribution in [1.29, 1.82) is 0 Å². The predicted molar refractivity (Wildman–Crippen MR) is 81.2 cm³/mol. The lowest BCUT2D eigenvalue weighted by atomic mass is 10.1. The molecule has 1 heterocycles. The van der Waals surface area contributed by atoms with E-state index in [2.05, 4.69) is 10.6 Å². The van der Waals surface area contributed by atoms with E-state index >= 15 is 0 Å². The third kappa shape index (κ3) is 4.44. The molecule has 0 radical (unpaired) electrons. The zero-order chi connectivity index (χ0) is 14.9. The third-order valence-corrected chi connectivity index (χ3v) is 3.03. The molecular weight excluding hydrogens is 268 g/mol. The van der Waals surface area contributed by atoms with Crippen molar-refractivity contribution in [2.75, 3.05) is 33.4 Å². The smallest absolute Gasteiger partial charge is 0.287 e. The molecule has 0 aliphatic rings. The van der Waals surface area contributed by atoms with Crippen LogP contribution < -0.4 is 10.6 Å². The monoisotopic (exact) mass is 288 g/mol. The average molecular weight is 288 g/mol. The molecule has 0 fully saturated rings. The van der Waals surface area contributed by atoms with Gasteiger partial charge < -0.3 is 19.8 Å². The van der Waals surface area contributed by atoms with Crippen molar-refractivity contribution in [3.63, 3.8) is 0 Å². The van der Waals surface area contributed by atoms with Crippen molar-refractivity contribution in [2.24, 2.45) is 0 Å². The lowest BCUT2D eigenvalue weighted by molar-refractivity contribution is 0.0927. The Balaban J connectivity index is 1.88. The van der Waals surface area contributed by atoms with E-state index in [1.807, 2.05) is 30.3 Å². The van der Waals surface area contributed by atoms with Crippen LogP contribution >= 0.6 is 0 Å². The highest BCUT2D eigenvalue weighted by atomic mass is 16.5. The Morgan fingerprint density at radius 3 is 2.71 bits per heavy atom. The van der Waals surface area contributed by atoms with Gasteiger partial charge in [0.2, 0.25) is 0 Å². The highest BCUT2D eigenvalue weighted by molar-refractivity contribution is 5.98. The van der Waals surface area contributed by atoms with Gasteiger partial charge in [0, 0.05) is 32.3 Å². The van der Waals surface area contributed by atoms with Crippen LogP contribution in [0.1, 0.15) is 10.6 Å². The summed E-state index contributed by atoms with van der Waals surface area (Å²) in [4.78, 5) is 12.1. The molecule has 0 atom stereocenters. The molecule has 5 nitrogen and oxygen atoms in total. The topological polar surface area (TPSA) is 63.5 Å². The Kier molecular flexibility index (Phi) is 5.99. The van der Waals surface area contributed by atoms with E-state index in [4.69, 9.17) is 9.15 Å². The minimum absolute atomic E-state index is 0.201. The number of hydrogen-bond acceptors (Lipinski definition) is 4. The van der Waals surface area contributed by atoms with Crippen LogP contribution in [-0.4, -0.2) is 39.3 Å². The normalized spacial score (nSPS) is 10.5. The van der Waals surface area contributed by atoms with Crippen LogP contribution in [0.3, 0.4) is 0 Å². The van der Waals surface area contributed by atoms with Gasteiger partial charge >= 0.3 is 0 Å². The SMILES string of the molecule is COCCNCCNC(=O)c1occc1-c1ccccc1. The minimum atomic E-state index is -0.201. The number of rotatable bonds is 8.